The Morgan fingerprint density at radius 1 is 0.286 bits per heavy atom. The Kier molecular flexibility index (Phi) is 9.71. The summed E-state index contributed by atoms with van der Waals surface area (Å²) in [7, 11) is 0. The first-order chi connectivity index (χ1) is 38.2. The molecule has 0 amide bonds. The van der Waals surface area contributed by atoms with Crippen LogP contribution in [0.5, 0.6) is 0 Å². The van der Waals surface area contributed by atoms with Crippen molar-refractivity contribution in [3.8, 4) is 67.1 Å². The zero-order valence-corrected chi connectivity index (χ0v) is 42.2. The maximum Gasteiger partial charge on any atom is 0.235 e. The maximum absolute atomic E-state index is 5.48. The molecule has 0 saturated carbocycles. The number of aromatic nitrogens is 6. The summed E-state index contributed by atoms with van der Waals surface area (Å²) in [5.41, 5.74) is 15.7. The summed E-state index contributed by atoms with van der Waals surface area (Å²) < 4.78 is 5.58. The minimum atomic E-state index is 0.641. The number of rotatable bonds is 7. The molecule has 0 radical (unpaired) electrons. The number of fused-ring (bicyclic) bond motifs is 12. The summed E-state index contributed by atoms with van der Waals surface area (Å²) in [6.07, 6.45) is 0. The normalized spacial score (nSPS) is 11.9. The highest BCUT2D eigenvalue weighted by atomic mass is 32.1. The Labute approximate surface area is 446 Å². The molecule has 0 bridgehead atoms. The molecule has 358 valence electrons. The Morgan fingerprint density at radius 3 is 1.53 bits per heavy atom. The van der Waals surface area contributed by atoms with Crippen LogP contribution in [-0.2, 0) is 0 Å². The molecule has 0 N–H and O–H groups in total. The van der Waals surface area contributed by atoms with Gasteiger partial charge in [0.2, 0.25) is 11.9 Å². The molecule has 11 aromatic carbocycles. The van der Waals surface area contributed by atoms with E-state index in [0.29, 0.717) is 11.9 Å². The molecule has 0 aliphatic heterocycles. The summed E-state index contributed by atoms with van der Waals surface area (Å²) >= 11 is 1.74. The third kappa shape index (κ3) is 6.95. The third-order valence-corrected chi connectivity index (χ3v) is 16.5. The van der Waals surface area contributed by atoms with Gasteiger partial charge in [-0.05, 0) is 98.6 Å². The number of thiophene rings is 1. The van der Waals surface area contributed by atoms with Gasteiger partial charge in [-0.15, -0.1) is 11.3 Å². The van der Waals surface area contributed by atoms with Gasteiger partial charge in [-0.2, -0.15) is 0 Å². The van der Waals surface area contributed by atoms with Gasteiger partial charge in [0.25, 0.3) is 0 Å². The van der Waals surface area contributed by atoms with Crippen LogP contribution >= 0.6 is 11.3 Å². The van der Waals surface area contributed by atoms with Crippen LogP contribution in [-0.4, -0.2) is 29.1 Å². The van der Waals surface area contributed by atoms with Gasteiger partial charge in [-0.25, -0.2) is 19.9 Å². The van der Waals surface area contributed by atoms with E-state index in [0.717, 1.165) is 115 Å². The van der Waals surface area contributed by atoms with E-state index in [1.54, 1.807) is 11.3 Å². The summed E-state index contributed by atoms with van der Waals surface area (Å²) in [5.74, 6) is 1.29. The molecule has 0 atom stereocenters. The molecular formula is C70H42N6S. The van der Waals surface area contributed by atoms with Crippen LogP contribution in [0, 0.1) is 0 Å². The lowest BCUT2D eigenvalue weighted by atomic mass is 9.96. The molecule has 77 heavy (non-hydrogen) atoms. The van der Waals surface area contributed by atoms with Crippen molar-refractivity contribution in [3.63, 3.8) is 0 Å². The predicted molar refractivity (Wildman–Crippen MR) is 321 cm³/mol. The summed E-state index contributed by atoms with van der Waals surface area (Å²) in [4.78, 5) is 22.9. The molecular weight excluding hydrogens is 957 g/mol. The molecule has 0 aliphatic carbocycles. The van der Waals surface area contributed by atoms with Crippen molar-refractivity contribution in [2.45, 2.75) is 0 Å². The first-order valence-corrected chi connectivity index (χ1v) is 26.8. The number of hydrogen-bond donors (Lipinski definition) is 0. The molecule has 16 rings (SSSR count). The Balaban J connectivity index is 0.845. The van der Waals surface area contributed by atoms with Crippen molar-refractivity contribution in [3.05, 3.63) is 255 Å². The van der Waals surface area contributed by atoms with E-state index in [9.17, 15) is 0 Å². The van der Waals surface area contributed by atoms with Crippen LogP contribution in [0.4, 0.5) is 0 Å². The smallest absolute Gasteiger partial charge is 0.235 e. The molecule has 0 saturated heterocycles. The fourth-order valence-corrected chi connectivity index (χ4v) is 12.9. The summed E-state index contributed by atoms with van der Waals surface area (Å²) in [5, 5.41) is 10.3. The highest BCUT2D eigenvalue weighted by Crippen LogP contribution is 2.43. The lowest BCUT2D eigenvalue weighted by Crippen LogP contribution is -2.03. The molecule has 16 aromatic rings. The van der Waals surface area contributed by atoms with Crippen molar-refractivity contribution < 1.29 is 0 Å². The van der Waals surface area contributed by atoms with Crippen molar-refractivity contribution in [2.75, 3.05) is 0 Å². The highest BCUT2D eigenvalue weighted by Gasteiger charge is 2.23. The first kappa shape index (κ1) is 43.3. The van der Waals surface area contributed by atoms with E-state index in [4.69, 9.17) is 19.9 Å². The molecule has 0 spiro atoms. The zero-order chi connectivity index (χ0) is 50.6. The van der Waals surface area contributed by atoms with Crippen molar-refractivity contribution >= 4 is 97.6 Å². The van der Waals surface area contributed by atoms with Gasteiger partial charge in [0.15, 0.2) is 0 Å². The van der Waals surface area contributed by atoms with Crippen LogP contribution in [0.1, 0.15) is 0 Å². The van der Waals surface area contributed by atoms with Crippen LogP contribution < -0.4 is 0 Å². The molecule has 5 aromatic heterocycles. The van der Waals surface area contributed by atoms with Crippen LogP contribution in [0.3, 0.4) is 0 Å². The fourth-order valence-electron chi connectivity index (χ4n) is 11.8. The second kappa shape index (κ2) is 17.2. The lowest BCUT2D eigenvalue weighted by molar-refractivity contribution is 1.02. The average molecular weight is 999 g/mol. The Morgan fingerprint density at radius 2 is 0.792 bits per heavy atom. The van der Waals surface area contributed by atoms with E-state index < -0.39 is 0 Å². The summed E-state index contributed by atoms with van der Waals surface area (Å²) in [6, 6.07) is 91.0. The number of para-hydroxylation sites is 1. The van der Waals surface area contributed by atoms with Gasteiger partial charge >= 0.3 is 0 Å². The van der Waals surface area contributed by atoms with Gasteiger partial charge in [0.05, 0.1) is 49.2 Å². The summed E-state index contributed by atoms with van der Waals surface area (Å²) in [6.45, 7) is 0. The van der Waals surface area contributed by atoms with Crippen LogP contribution in [0.25, 0.3) is 153 Å². The third-order valence-electron chi connectivity index (χ3n) is 15.3. The number of benzene rings is 11. The molecule has 6 nitrogen and oxygen atoms in total. The molecule has 5 heterocycles. The Hall–Kier alpha value is -10.1. The predicted octanol–water partition coefficient (Wildman–Crippen LogP) is 18.5. The highest BCUT2D eigenvalue weighted by molar-refractivity contribution is 7.22. The second-order valence-corrected chi connectivity index (χ2v) is 20.8. The second-order valence-electron chi connectivity index (χ2n) is 19.8. The number of nitrogens with zero attached hydrogens (tertiary/aromatic N) is 6. The van der Waals surface area contributed by atoms with Crippen molar-refractivity contribution in [1.29, 1.82) is 0 Å². The van der Waals surface area contributed by atoms with Gasteiger partial charge < -0.3 is 0 Å². The minimum absolute atomic E-state index is 0.641. The van der Waals surface area contributed by atoms with E-state index in [1.165, 1.54) is 26.6 Å². The van der Waals surface area contributed by atoms with Gasteiger partial charge in [0, 0.05) is 48.3 Å². The SMILES string of the molecule is c1ccc(-c2cc3nc(-n4c5ccccc5c5cc(-c6cccc(-c7ccc8c(c7)c7c9ccccc9ccc7n8-c7nc(-c8ccccc8)c8ccc9ccccc9c8n7)c6)ccc54)nc(-c4ccccc4)c3s2)cc1. The fraction of sp³-hybridized carbons (Fsp3) is 0. The van der Waals surface area contributed by atoms with Gasteiger partial charge in [-0.1, -0.05) is 200 Å². The van der Waals surface area contributed by atoms with Crippen molar-refractivity contribution in [1.82, 2.24) is 29.1 Å². The quantitative estimate of drug-likeness (QED) is 0.149. The van der Waals surface area contributed by atoms with Crippen molar-refractivity contribution in [2.24, 2.45) is 0 Å². The van der Waals surface area contributed by atoms with Gasteiger partial charge in [0.1, 0.15) is 0 Å². The standard InChI is InChI=1S/C70H42N6S/c1-4-19-45(20-5-1)63-42-58-68(77-63)66(47-23-8-3-9-24-47)73-69(71-58)75-59-30-15-14-29-54(59)56-40-50(33-36-60(56)75)48-25-16-26-49(39-48)51-34-37-61-57(41-51)64-52-27-12-10-17-43(52)32-38-62(64)76(61)70-72-65(46-21-6-2-7-22-46)55-35-31-44-18-11-13-28-53(44)67(55)74-70/h1-42H. The van der Waals surface area contributed by atoms with Crippen LogP contribution in [0.15, 0.2) is 255 Å². The zero-order valence-electron chi connectivity index (χ0n) is 41.3. The van der Waals surface area contributed by atoms with E-state index in [1.807, 2.05) is 0 Å². The maximum atomic E-state index is 5.48. The average Bonchev–Trinajstić information content (AvgIpc) is 4.39. The lowest BCUT2D eigenvalue weighted by Gasteiger charge is -2.13. The molecule has 7 heteroatoms. The van der Waals surface area contributed by atoms with Crippen LogP contribution in [0.2, 0.25) is 0 Å². The molecule has 0 aliphatic rings. The molecule has 0 unspecified atom stereocenters. The first-order valence-electron chi connectivity index (χ1n) is 25.9. The number of hydrogen-bond acceptors (Lipinski definition) is 5. The monoisotopic (exact) mass is 998 g/mol. The Bertz CT molecular complexity index is 5040. The molecule has 0 fully saturated rings. The van der Waals surface area contributed by atoms with Gasteiger partial charge in [-0.3, -0.25) is 9.13 Å². The largest absolute Gasteiger partial charge is 0.278 e. The van der Waals surface area contributed by atoms with E-state index in [-0.39, 0.29) is 0 Å². The van der Waals surface area contributed by atoms with E-state index in [2.05, 4.69) is 264 Å². The topological polar surface area (TPSA) is 61.4 Å². The van der Waals surface area contributed by atoms with E-state index >= 15 is 0 Å². The minimum Gasteiger partial charge on any atom is -0.278 e.